The smallest absolute Gasteiger partial charge is 0.426 e. The molecule has 0 aliphatic heterocycles. The van der Waals surface area contributed by atoms with Gasteiger partial charge in [0.1, 0.15) is 18.2 Å². The van der Waals surface area contributed by atoms with Crippen LogP contribution < -0.4 is 15.6 Å². The molecular weight excluding hydrogens is 303 g/mol. The number of carbonyl (C=O) groups excluding carboxylic acids is 2. The number of hydrogen-bond donors (Lipinski definition) is 2. The van der Waals surface area contributed by atoms with Crippen LogP contribution in [0.4, 0.5) is 9.18 Å². The summed E-state index contributed by atoms with van der Waals surface area (Å²) >= 11 is 0. The van der Waals surface area contributed by atoms with Crippen LogP contribution in [0.5, 0.6) is 5.75 Å². The van der Waals surface area contributed by atoms with Crippen molar-refractivity contribution in [2.24, 2.45) is 0 Å². The Kier molecular flexibility index (Phi) is 5.51. The predicted octanol–water partition coefficient (Wildman–Crippen LogP) is 2.41. The number of halogens is 1. The lowest BCUT2D eigenvalue weighted by atomic mass is 10.2. The highest BCUT2D eigenvalue weighted by Gasteiger charge is 2.08. The van der Waals surface area contributed by atoms with E-state index < -0.39 is 17.8 Å². The maximum Gasteiger partial charge on any atom is 0.426 e. The Morgan fingerprint density at radius 2 is 1.83 bits per heavy atom. The number of hydrazine groups is 1. The van der Waals surface area contributed by atoms with Gasteiger partial charge in [-0.25, -0.2) is 14.6 Å². The third kappa shape index (κ3) is 4.99. The van der Waals surface area contributed by atoms with Crippen LogP contribution in [0.1, 0.15) is 15.9 Å². The van der Waals surface area contributed by atoms with Crippen LogP contribution in [0, 0.1) is 5.82 Å². The number of methoxy groups -OCH3 is 1. The first-order valence-corrected chi connectivity index (χ1v) is 6.70. The molecule has 0 radical (unpaired) electrons. The summed E-state index contributed by atoms with van der Waals surface area (Å²) in [7, 11) is 1.56. The van der Waals surface area contributed by atoms with Crippen LogP contribution in [0.2, 0.25) is 0 Å². The van der Waals surface area contributed by atoms with Crippen LogP contribution in [-0.2, 0) is 11.3 Å². The second-order valence-corrected chi connectivity index (χ2v) is 4.51. The highest BCUT2D eigenvalue weighted by atomic mass is 19.1. The molecule has 0 saturated heterocycles. The fourth-order valence-electron chi connectivity index (χ4n) is 1.72. The van der Waals surface area contributed by atoms with Crippen molar-refractivity contribution in [3.63, 3.8) is 0 Å². The number of nitrogens with one attached hydrogen (secondary N) is 2. The average molecular weight is 318 g/mol. The Labute approximate surface area is 132 Å². The molecule has 2 aromatic carbocycles. The van der Waals surface area contributed by atoms with E-state index in [0.29, 0.717) is 5.75 Å². The topological polar surface area (TPSA) is 76.7 Å². The van der Waals surface area contributed by atoms with Gasteiger partial charge in [-0.3, -0.25) is 10.2 Å². The summed E-state index contributed by atoms with van der Waals surface area (Å²) in [5, 5.41) is 0. The molecule has 0 aromatic heterocycles. The van der Waals surface area contributed by atoms with Gasteiger partial charge >= 0.3 is 6.09 Å². The summed E-state index contributed by atoms with van der Waals surface area (Å²) in [6.45, 7) is 0.0334. The van der Waals surface area contributed by atoms with Gasteiger partial charge in [0, 0.05) is 5.56 Å². The molecule has 0 aliphatic carbocycles. The van der Waals surface area contributed by atoms with E-state index in [1.54, 1.807) is 31.4 Å². The molecule has 2 rings (SSSR count). The molecular formula is C16H15FN2O4. The quantitative estimate of drug-likeness (QED) is 0.849. The normalized spacial score (nSPS) is 9.83. The van der Waals surface area contributed by atoms with Crippen molar-refractivity contribution in [2.75, 3.05) is 7.11 Å². The van der Waals surface area contributed by atoms with Gasteiger partial charge in [0.2, 0.25) is 0 Å². The molecule has 0 bridgehead atoms. The lowest BCUT2D eigenvalue weighted by molar-refractivity contribution is 0.0904. The largest absolute Gasteiger partial charge is 0.497 e. The third-order valence-corrected chi connectivity index (χ3v) is 2.89. The first kappa shape index (κ1) is 16.3. The first-order chi connectivity index (χ1) is 11.1. The zero-order chi connectivity index (χ0) is 16.7. The van der Waals surface area contributed by atoms with Gasteiger partial charge in [-0.05, 0) is 35.9 Å². The maximum absolute atomic E-state index is 13.0. The molecule has 0 spiro atoms. The molecule has 0 saturated carbocycles. The highest BCUT2D eigenvalue weighted by Crippen LogP contribution is 2.11. The Balaban J connectivity index is 1.77. The number of benzene rings is 2. The van der Waals surface area contributed by atoms with Crippen molar-refractivity contribution in [3.05, 3.63) is 65.5 Å². The van der Waals surface area contributed by atoms with Gasteiger partial charge < -0.3 is 9.47 Å². The number of rotatable bonds is 4. The Morgan fingerprint density at radius 1 is 1.09 bits per heavy atom. The summed E-state index contributed by atoms with van der Waals surface area (Å²) in [5.41, 5.74) is 5.06. The third-order valence-electron chi connectivity index (χ3n) is 2.89. The fourth-order valence-corrected chi connectivity index (χ4v) is 1.72. The highest BCUT2D eigenvalue weighted by molar-refractivity contribution is 5.94. The van der Waals surface area contributed by atoms with Gasteiger partial charge in [0.25, 0.3) is 5.91 Å². The molecule has 0 fully saturated rings. The zero-order valence-corrected chi connectivity index (χ0v) is 12.3. The van der Waals surface area contributed by atoms with Crippen molar-refractivity contribution in [3.8, 4) is 5.75 Å². The summed E-state index contributed by atoms with van der Waals surface area (Å²) in [6, 6.07) is 12.1. The molecule has 0 unspecified atom stereocenters. The molecule has 2 N–H and O–H groups in total. The van der Waals surface area contributed by atoms with E-state index in [1.165, 1.54) is 18.2 Å². The summed E-state index contributed by atoms with van der Waals surface area (Å²) < 4.78 is 22.9. The Bertz CT molecular complexity index is 689. The molecule has 23 heavy (non-hydrogen) atoms. The summed E-state index contributed by atoms with van der Waals surface area (Å²) in [4.78, 5) is 23.2. The maximum atomic E-state index is 13.0. The Morgan fingerprint density at radius 3 is 2.48 bits per heavy atom. The van der Waals surface area contributed by atoms with E-state index in [1.807, 2.05) is 0 Å². The van der Waals surface area contributed by atoms with Crippen molar-refractivity contribution < 1.29 is 23.5 Å². The Hall–Kier alpha value is -3.09. The molecule has 120 valence electrons. The van der Waals surface area contributed by atoms with E-state index in [4.69, 9.17) is 9.47 Å². The van der Waals surface area contributed by atoms with E-state index in [2.05, 4.69) is 10.9 Å². The number of carbonyl (C=O) groups is 2. The standard InChI is InChI=1S/C16H15FN2O4/c1-22-14-7-5-11(6-8-14)10-23-16(21)19-18-15(20)12-3-2-4-13(17)9-12/h2-9H,10H2,1H3,(H,18,20)(H,19,21). The SMILES string of the molecule is COc1ccc(COC(=O)NNC(=O)c2cccc(F)c2)cc1. The van der Waals surface area contributed by atoms with E-state index in [-0.39, 0.29) is 12.2 Å². The molecule has 0 heterocycles. The predicted molar refractivity (Wildman–Crippen MR) is 80.2 cm³/mol. The van der Waals surface area contributed by atoms with Gasteiger partial charge in [0.05, 0.1) is 7.11 Å². The summed E-state index contributed by atoms with van der Waals surface area (Å²) in [6.07, 6.45) is -0.828. The minimum Gasteiger partial charge on any atom is -0.497 e. The molecule has 0 atom stereocenters. The second-order valence-electron chi connectivity index (χ2n) is 4.51. The van der Waals surface area contributed by atoms with Crippen LogP contribution in [0.3, 0.4) is 0 Å². The van der Waals surface area contributed by atoms with Crippen molar-refractivity contribution in [2.45, 2.75) is 6.61 Å². The van der Waals surface area contributed by atoms with Crippen LogP contribution in [0.15, 0.2) is 48.5 Å². The van der Waals surface area contributed by atoms with Crippen LogP contribution in [-0.4, -0.2) is 19.1 Å². The average Bonchev–Trinajstić information content (AvgIpc) is 2.58. The minimum absolute atomic E-state index is 0.0334. The minimum atomic E-state index is -0.828. The monoisotopic (exact) mass is 318 g/mol. The molecule has 6 nitrogen and oxygen atoms in total. The van der Waals surface area contributed by atoms with Gasteiger partial charge in [-0.15, -0.1) is 0 Å². The molecule has 0 aliphatic rings. The van der Waals surface area contributed by atoms with Crippen LogP contribution >= 0.6 is 0 Å². The lowest BCUT2D eigenvalue weighted by Gasteiger charge is -2.09. The molecule has 2 aromatic rings. The van der Waals surface area contributed by atoms with E-state index >= 15 is 0 Å². The first-order valence-electron chi connectivity index (χ1n) is 6.70. The van der Waals surface area contributed by atoms with Gasteiger partial charge in [-0.2, -0.15) is 0 Å². The van der Waals surface area contributed by atoms with Crippen LogP contribution in [0.25, 0.3) is 0 Å². The lowest BCUT2D eigenvalue weighted by Crippen LogP contribution is -2.41. The fraction of sp³-hybridized carbons (Fsp3) is 0.125. The number of ether oxygens (including phenoxy) is 2. The summed E-state index contributed by atoms with van der Waals surface area (Å²) in [5.74, 6) is -0.494. The molecule has 2 amide bonds. The zero-order valence-electron chi connectivity index (χ0n) is 12.3. The second kappa shape index (κ2) is 7.79. The van der Waals surface area contributed by atoms with E-state index in [9.17, 15) is 14.0 Å². The van der Waals surface area contributed by atoms with Gasteiger partial charge in [0.15, 0.2) is 0 Å². The number of amides is 2. The van der Waals surface area contributed by atoms with Crippen molar-refractivity contribution in [1.29, 1.82) is 0 Å². The van der Waals surface area contributed by atoms with Crippen molar-refractivity contribution >= 4 is 12.0 Å². The van der Waals surface area contributed by atoms with E-state index in [0.717, 1.165) is 11.6 Å². The van der Waals surface area contributed by atoms with Gasteiger partial charge in [-0.1, -0.05) is 18.2 Å². The van der Waals surface area contributed by atoms with Crippen molar-refractivity contribution in [1.82, 2.24) is 10.9 Å². The molecule has 7 heteroatoms. The number of hydrogen-bond acceptors (Lipinski definition) is 4.